The Kier molecular flexibility index (Phi) is 1.53. The maximum atomic E-state index is 2.62. The molecule has 1 heteroatoms. The number of hydrogen-bond donors (Lipinski definition) is 0. The fourth-order valence-corrected chi connectivity index (χ4v) is 2.30. The van der Waals surface area contributed by atoms with Crippen LogP contribution in [0.5, 0.6) is 0 Å². The predicted octanol–water partition coefficient (Wildman–Crippen LogP) is 2.64. The van der Waals surface area contributed by atoms with E-state index in [4.69, 9.17) is 0 Å². The smallest absolute Gasteiger partial charge is 0.0686 e. The van der Waals surface area contributed by atoms with Crippen LogP contribution in [0.1, 0.15) is 38.5 Å². The number of rotatable bonds is 0. The summed E-state index contributed by atoms with van der Waals surface area (Å²) in [7, 11) is 2.62. The molecular weight excluding hydrogens is 107 g/mol. The highest BCUT2D eigenvalue weighted by atomic mass is 14.2. The van der Waals surface area contributed by atoms with Gasteiger partial charge in [-0.15, -0.1) is 0 Å². The molecule has 0 aromatic rings. The van der Waals surface area contributed by atoms with E-state index in [0.717, 1.165) is 11.6 Å². The van der Waals surface area contributed by atoms with E-state index in [-0.39, 0.29) is 0 Å². The molecule has 0 spiro atoms. The van der Waals surface area contributed by atoms with Gasteiger partial charge in [0.25, 0.3) is 0 Å². The molecule has 0 unspecified atom stereocenters. The fourth-order valence-electron chi connectivity index (χ4n) is 2.30. The lowest BCUT2D eigenvalue weighted by Gasteiger charge is -2.06. The van der Waals surface area contributed by atoms with Crippen LogP contribution in [0.4, 0.5) is 0 Å². The first-order valence-corrected chi connectivity index (χ1v) is 4.30. The molecule has 49 valence electrons. The zero-order chi connectivity index (χ0) is 6.10. The van der Waals surface area contributed by atoms with Gasteiger partial charge in [-0.2, -0.15) is 0 Å². The molecule has 2 heterocycles. The van der Waals surface area contributed by atoms with Gasteiger partial charge in [-0.3, -0.25) is 0 Å². The molecule has 0 nitrogen and oxygen atoms in total. The highest BCUT2D eigenvalue weighted by Gasteiger charge is 2.27. The van der Waals surface area contributed by atoms with Gasteiger partial charge in [0.05, 0.1) is 0 Å². The van der Waals surface area contributed by atoms with Crippen molar-refractivity contribution in [3.63, 3.8) is 0 Å². The van der Waals surface area contributed by atoms with E-state index in [9.17, 15) is 0 Å². The Morgan fingerprint density at radius 2 is 1.33 bits per heavy atom. The Morgan fingerprint density at radius 1 is 0.778 bits per heavy atom. The monoisotopic (exact) mass is 121 g/mol. The Bertz CT molecular complexity index is 88.7. The van der Waals surface area contributed by atoms with Crippen LogP contribution in [0.3, 0.4) is 0 Å². The molecule has 0 N–H and O–H groups in total. The van der Waals surface area contributed by atoms with Gasteiger partial charge >= 0.3 is 0 Å². The van der Waals surface area contributed by atoms with Gasteiger partial charge in [0.15, 0.2) is 0 Å². The molecule has 2 aliphatic heterocycles. The van der Waals surface area contributed by atoms with Crippen LogP contribution in [-0.4, -0.2) is 7.28 Å². The van der Waals surface area contributed by atoms with E-state index in [1.54, 1.807) is 0 Å². The summed E-state index contributed by atoms with van der Waals surface area (Å²) in [5, 5.41) is 0. The summed E-state index contributed by atoms with van der Waals surface area (Å²) >= 11 is 0. The summed E-state index contributed by atoms with van der Waals surface area (Å²) < 4.78 is 0. The molecule has 2 saturated heterocycles. The van der Waals surface area contributed by atoms with E-state index < -0.39 is 0 Å². The molecule has 1 radical (unpaired) electrons. The molecule has 0 aromatic carbocycles. The van der Waals surface area contributed by atoms with Crippen molar-refractivity contribution < 1.29 is 0 Å². The van der Waals surface area contributed by atoms with Crippen molar-refractivity contribution in [3.8, 4) is 0 Å². The van der Waals surface area contributed by atoms with Crippen LogP contribution < -0.4 is 0 Å². The first-order chi connectivity index (χ1) is 4.45. The Hall–Kier alpha value is 0.0649. The molecule has 0 aliphatic carbocycles. The zero-order valence-corrected chi connectivity index (χ0v) is 5.97. The van der Waals surface area contributed by atoms with Crippen LogP contribution in [0.2, 0.25) is 11.6 Å². The second-order valence-corrected chi connectivity index (χ2v) is 3.57. The molecule has 0 saturated carbocycles. The number of hydrogen-bond acceptors (Lipinski definition) is 0. The standard InChI is InChI=1S/C8H14B/c1-2-4-8-6-5-7(3-1)9-8/h7-8H,1-6H2/t7-,8+. The lowest BCUT2D eigenvalue weighted by atomic mass is 9.60. The molecule has 2 atom stereocenters. The average Bonchev–Trinajstić information content (AvgIpc) is 2.09. The van der Waals surface area contributed by atoms with E-state index in [0.29, 0.717) is 0 Å². The summed E-state index contributed by atoms with van der Waals surface area (Å²) in [5.74, 6) is 2.05. The van der Waals surface area contributed by atoms with Gasteiger partial charge in [0.1, 0.15) is 7.28 Å². The van der Waals surface area contributed by atoms with Crippen molar-refractivity contribution in [1.29, 1.82) is 0 Å². The minimum Gasteiger partial charge on any atom is -0.0686 e. The second kappa shape index (κ2) is 2.36. The van der Waals surface area contributed by atoms with Gasteiger partial charge in [-0.25, -0.2) is 0 Å². The molecule has 2 fully saturated rings. The van der Waals surface area contributed by atoms with Crippen molar-refractivity contribution in [1.82, 2.24) is 0 Å². The van der Waals surface area contributed by atoms with E-state index >= 15 is 0 Å². The van der Waals surface area contributed by atoms with Crippen LogP contribution in [0.25, 0.3) is 0 Å². The van der Waals surface area contributed by atoms with Gasteiger partial charge < -0.3 is 0 Å². The molecule has 2 rings (SSSR count). The van der Waals surface area contributed by atoms with Crippen LogP contribution in [0.15, 0.2) is 0 Å². The second-order valence-electron chi connectivity index (χ2n) is 3.57. The summed E-state index contributed by atoms with van der Waals surface area (Å²) in [5.41, 5.74) is 0. The first kappa shape index (κ1) is 5.82. The predicted molar refractivity (Wildman–Crippen MR) is 41.0 cm³/mol. The third-order valence-corrected chi connectivity index (χ3v) is 2.85. The largest absolute Gasteiger partial charge is 0.117 e. The Balaban J connectivity index is 1.99. The topological polar surface area (TPSA) is 0 Å². The molecular formula is C8H14B. The fraction of sp³-hybridized carbons (Fsp3) is 1.00. The van der Waals surface area contributed by atoms with Crippen molar-refractivity contribution in [2.24, 2.45) is 0 Å². The molecule has 0 aromatic heterocycles. The zero-order valence-electron chi connectivity index (χ0n) is 5.97. The maximum absolute atomic E-state index is 2.62. The van der Waals surface area contributed by atoms with Crippen molar-refractivity contribution in [3.05, 3.63) is 0 Å². The SMILES string of the molecule is [B]1[C@@H]2CCCC[C@H]1CC2. The van der Waals surface area contributed by atoms with Crippen molar-refractivity contribution in [2.45, 2.75) is 50.2 Å². The van der Waals surface area contributed by atoms with Crippen LogP contribution in [0, 0.1) is 0 Å². The summed E-state index contributed by atoms with van der Waals surface area (Å²) in [6.07, 6.45) is 9.00. The molecule has 9 heavy (non-hydrogen) atoms. The van der Waals surface area contributed by atoms with Crippen molar-refractivity contribution >= 4 is 7.28 Å². The first-order valence-electron chi connectivity index (χ1n) is 4.30. The maximum Gasteiger partial charge on any atom is 0.117 e. The lowest BCUT2D eigenvalue weighted by molar-refractivity contribution is 0.548. The minimum absolute atomic E-state index is 1.03. The summed E-state index contributed by atoms with van der Waals surface area (Å²) in [6, 6.07) is 0. The summed E-state index contributed by atoms with van der Waals surface area (Å²) in [6.45, 7) is 0. The quantitative estimate of drug-likeness (QED) is 0.432. The van der Waals surface area contributed by atoms with E-state index in [2.05, 4.69) is 7.28 Å². The van der Waals surface area contributed by atoms with Gasteiger partial charge in [0.2, 0.25) is 0 Å². The van der Waals surface area contributed by atoms with Gasteiger partial charge in [-0.05, 0) is 0 Å². The van der Waals surface area contributed by atoms with E-state index in [1.165, 1.54) is 38.5 Å². The normalized spacial score (nSPS) is 41.8. The van der Waals surface area contributed by atoms with Crippen LogP contribution >= 0.6 is 0 Å². The molecule has 0 amide bonds. The summed E-state index contributed by atoms with van der Waals surface area (Å²) in [4.78, 5) is 0. The Morgan fingerprint density at radius 3 is 1.89 bits per heavy atom. The van der Waals surface area contributed by atoms with Crippen LogP contribution in [-0.2, 0) is 0 Å². The third kappa shape index (κ3) is 1.15. The Labute approximate surface area is 58.3 Å². The van der Waals surface area contributed by atoms with Gasteiger partial charge in [0, 0.05) is 0 Å². The highest BCUT2D eigenvalue weighted by molar-refractivity contribution is 6.40. The van der Waals surface area contributed by atoms with E-state index in [1.807, 2.05) is 0 Å². The number of fused-ring (bicyclic) bond motifs is 2. The average molecular weight is 121 g/mol. The highest BCUT2D eigenvalue weighted by Crippen LogP contribution is 2.41. The third-order valence-electron chi connectivity index (χ3n) is 2.85. The molecule has 2 bridgehead atoms. The van der Waals surface area contributed by atoms with Gasteiger partial charge in [-0.1, -0.05) is 50.2 Å². The lowest BCUT2D eigenvalue weighted by Crippen LogP contribution is -1.95. The molecule has 2 aliphatic rings. The van der Waals surface area contributed by atoms with Crippen molar-refractivity contribution in [2.75, 3.05) is 0 Å². The minimum atomic E-state index is 1.03.